The molecule has 2 rings (SSSR count). The third kappa shape index (κ3) is 3.52. The number of benzene rings is 2. The quantitative estimate of drug-likeness (QED) is 0.866. The Labute approximate surface area is 134 Å². The zero-order chi connectivity index (χ0) is 15.6. The van der Waals surface area contributed by atoms with Gasteiger partial charge in [-0.2, -0.15) is 0 Å². The molecule has 0 bridgehead atoms. The van der Waals surface area contributed by atoms with Gasteiger partial charge in [-0.05, 0) is 30.3 Å². The van der Waals surface area contributed by atoms with Crippen molar-refractivity contribution in [1.82, 2.24) is 4.31 Å². The number of hydrogen-bond acceptors (Lipinski definition) is 4. The number of nitrogens with two attached hydrogens (primary N) is 1. The second-order valence-corrected chi connectivity index (χ2v) is 8.19. The summed E-state index contributed by atoms with van der Waals surface area (Å²) in [5.41, 5.74) is 6.28. The lowest BCUT2D eigenvalue weighted by Gasteiger charge is -2.15. The Morgan fingerprint density at radius 2 is 1.81 bits per heavy atom. The SMILES string of the molecule is CN(C)S(=O)(=O)c1cccc(Sc2cccc(Cl)c2)c1N. The Hall–Kier alpha value is -1.21. The highest BCUT2D eigenvalue weighted by Gasteiger charge is 2.21. The van der Waals surface area contributed by atoms with Crippen molar-refractivity contribution in [1.29, 1.82) is 0 Å². The monoisotopic (exact) mass is 342 g/mol. The third-order valence-corrected chi connectivity index (χ3v) is 5.98. The average molecular weight is 343 g/mol. The van der Waals surface area contributed by atoms with E-state index in [4.69, 9.17) is 17.3 Å². The molecule has 0 aliphatic rings. The van der Waals surface area contributed by atoms with Crippen LogP contribution in [0, 0.1) is 0 Å². The van der Waals surface area contributed by atoms with E-state index in [1.807, 2.05) is 12.1 Å². The summed E-state index contributed by atoms with van der Waals surface area (Å²) < 4.78 is 25.6. The Morgan fingerprint density at radius 1 is 1.14 bits per heavy atom. The van der Waals surface area contributed by atoms with Gasteiger partial charge < -0.3 is 5.73 Å². The molecule has 0 radical (unpaired) electrons. The van der Waals surface area contributed by atoms with Crippen molar-refractivity contribution >= 4 is 39.1 Å². The largest absolute Gasteiger partial charge is 0.397 e. The van der Waals surface area contributed by atoms with Crippen LogP contribution in [0.15, 0.2) is 57.2 Å². The Kier molecular flexibility index (Phi) is 4.83. The lowest BCUT2D eigenvalue weighted by molar-refractivity contribution is 0.521. The summed E-state index contributed by atoms with van der Waals surface area (Å²) in [6, 6.07) is 12.3. The zero-order valence-electron chi connectivity index (χ0n) is 11.6. The van der Waals surface area contributed by atoms with E-state index in [-0.39, 0.29) is 10.6 Å². The molecule has 0 aliphatic carbocycles. The number of nitrogens with zero attached hydrogens (tertiary/aromatic N) is 1. The third-order valence-electron chi connectivity index (χ3n) is 2.81. The van der Waals surface area contributed by atoms with Crippen LogP contribution in [0.2, 0.25) is 5.02 Å². The standard InChI is InChI=1S/C14H15ClN2O2S2/c1-17(2)21(18,19)13-8-4-7-12(14(13)16)20-11-6-3-5-10(15)9-11/h3-9H,16H2,1-2H3. The maximum Gasteiger partial charge on any atom is 0.244 e. The van der Waals surface area contributed by atoms with E-state index in [9.17, 15) is 8.42 Å². The van der Waals surface area contributed by atoms with E-state index in [2.05, 4.69) is 0 Å². The molecule has 21 heavy (non-hydrogen) atoms. The zero-order valence-corrected chi connectivity index (χ0v) is 14.0. The Morgan fingerprint density at radius 3 is 2.43 bits per heavy atom. The molecule has 2 N–H and O–H groups in total. The molecule has 112 valence electrons. The van der Waals surface area contributed by atoms with E-state index in [1.54, 1.807) is 24.3 Å². The lowest BCUT2D eigenvalue weighted by Crippen LogP contribution is -2.23. The fraction of sp³-hybridized carbons (Fsp3) is 0.143. The Balaban J connectivity index is 2.44. The van der Waals surface area contributed by atoms with E-state index < -0.39 is 10.0 Å². The van der Waals surface area contributed by atoms with Gasteiger partial charge in [0.25, 0.3) is 0 Å². The smallest absolute Gasteiger partial charge is 0.244 e. The van der Waals surface area contributed by atoms with Gasteiger partial charge in [-0.3, -0.25) is 0 Å². The second-order valence-electron chi connectivity index (χ2n) is 4.51. The van der Waals surface area contributed by atoms with Gasteiger partial charge in [0.1, 0.15) is 4.90 Å². The fourth-order valence-corrected chi connectivity index (χ4v) is 4.00. The van der Waals surface area contributed by atoms with Crippen LogP contribution in [0.3, 0.4) is 0 Å². The average Bonchev–Trinajstić information content (AvgIpc) is 2.41. The molecule has 0 aliphatic heterocycles. The summed E-state index contributed by atoms with van der Waals surface area (Å²) in [5.74, 6) is 0. The van der Waals surface area contributed by atoms with Crippen LogP contribution < -0.4 is 5.73 Å². The predicted molar refractivity (Wildman–Crippen MR) is 87.3 cm³/mol. The first-order valence-corrected chi connectivity index (χ1v) is 8.70. The first-order chi connectivity index (χ1) is 9.82. The van der Waals surface area contributed by atoms with Crippen LogP contribution in [-0.4, -0.2) is 26.8 Å². The number of halogens is 1. The van der Waals surface area contributed by atoms with Gasteiger partial charge in [0.05, 0.1) is 5.69 Å². The fourth-order valence-electron chi connectivity index (χ4n) is 1.69. The molecule has 0 fully saturated rings. The molecule has 0 heterocycles. The second kappa shape index (κ2) is 6.27. The van der Waals surface area contributed by atoms with E-state index >= 15 is 0 Å². The van der Waals surface area contributed by atoms with Crippen LogP contribution in [-0.2, 0) is 10.0 Å². The number of para-hydroxylation sites is 1. The van der Waals surface area contributed by atoms with Crippen molar-refractivity contribution in [2.75, 3.05) is 19.8 Å². The lowest BCUT2D eigenvalue weighted by atomic mass is 10.3. The van der Waals surface area contributed by atoms with Gasteiger partial charge in [0.2, 0.25) is 10.0 Å². The highest BCUT2D eigenvalue weighted by atomic mass is 35.5. The summed E-state index contributed by atoms with van der Waals surface area (Å²) in [4.78, 5) is 1.69. The molecule has 7 heteroatoms. The topological polar surface area (TPSA) is 63.4 Å². The maximum absolute atomic E-state index is 12.2. The molecular weight excluding hydrogens is 328 g/mol. The molecule has 2 aromatic rings. The van der Waals surface area contributed by atoms with Gasteiger partial charge in [-0.1, -0.05) is 35.5 Å². The number of anilines is 1. The first-order valence-electron chi connectivity index (χ1n) is 6.07. The van der Waals surface area contributed by atoms with Crippen LogP contribution in [0.5, 0.6) is 0 Å². The van der Waals surface area contributed by atoms with Crippen molar-refractivity contribution in [3.63, 3.8) is 0 Å². The van der Waals surface area contributed by atoms with Gasteiger partial charge in [-0.15, -0.1) is 0 Å². The van der Waals surface area contributed by atoms with Crippen molar-refractivity contribution in [2.45, 2.75) is 14.7 Å². The highest BCUT2D eigenvalue weighted by Crippen LogP contribution is 2.36. The molecule has 2 aromatic carbocycles. The summed E-state index contributed by atoms with van der Waals surface area (Å²) in [6.07, 6.45) is 0. The van der Waals surface area contributed by atoms with Gasteiger partial charge in [0, 0.05) is 28.9 Å². The minimum Gasteiger partial charge on any atom is -0.397 e. The molecular formula is C14H15ClN2O2S2. The van der Waals surface area contributed by atoms with Crippen LogP contribution in [0.25, 0.3) is 0 Å². The van der Waals surface area contributed by atoms with Crippen LogP contribution in [0.4, 0.5) is 5.69 Å². The van der Waals surface area contributed by atoms with E-state index in [1.165, 1.54) is 31.9 Å². The van der Waals surface area contributed by atoms with E-state index in [0.29, 0.717) is 9.92 Å². The summed E-state index contributed by atoms with van der Waals surface area (Å²) in [7, 11) is -0.606. The number of nitrogen functional groups attached to an aromatic ring is 1. The summed E-state index contributed by atoms with van der Waals surface area (Å²) in [6.45, 7) is 0. The molecule has 0 aromatic heterocycles. The van der Waals surface area contributed by atoms with Crippen molar-refractivity contribution in [2.24, 2.45) is 0 Å². The van der Waals surface area contributed by atoms with Gasteiger partial charge >= 0.3 is 0 Å². The molecule has 4 nitrogen and oxygen atoms in total. The number of sulfonamides is 1. The normalized spacial score (nSPS) is 11.8. The molecule has 0 spiro atoms. The first kappa shape index (κ1) is 16.2. The van der Waals surface area contributed by atoms with Crippen LogP contribution >= 0.6 is 23.4 Å². The van der Waals surface area contributed by atoms with Gasteiger partial charge in [0.15, 0.2) is 0 Å². The highest BCUT2D eigenvalue weighted by molar-refractivity contribution is 7.99. The molecule has 0 amide bonds. The van der Waals surface area contributed by atoms with Gasteiger partial charge in [-0.25, -0.2) is 12.7 Å². The summed E-state index contributed by atoms with van der Waals surface area (Å²) in [5, 5.41) is 0.621. The van der Waals surface area contributed by atoms with Crippen molar-refractivity contribution < 1.29 is 8.42 Å². The Bertz CT molecular complexity index is 761. The predicted octanol–water partition coefficient (Wildman–Crippen LogP) is 3.32. The number of rotatable bonds is 4. The molecule has 0 saturated heterocycles. The minimum absolute atomic E-state index is 0.111. The minimum atomic E-state index is -3.56. The van der Waals surface area contributed by atoms with Crippen molar-refractivity contribution in [3.05, 3.63) is 47.5 Å². The molecule has 0 unspecified atom stereocenters. The van der Waals surface area contributed by atoms with Crippen LogP contribution in [0.1, 0.15) is 0 Å². The summed E-state index contributed by atoms with van der Waals surface area (Å²) >= 11 is 7.33. The number of hydrogen-bond donors (Lipinski definition) is 1. The molecule has 0 atom stereocenters. The van der Waals surface area contributed by atoms with Crippen molar-refractivity contribution in [3.8, 4) is 0 Å². The maximum atomic E-state index is 12.2. The molecule has 0 saturated carbocycles. The van der Waals surface area contributed by atoms with E-state index in [0.717, 1.165) is 9.20 Å².